The van der Waals surface area contributed by atoms with Crippen molar-refractivity contribution in [1.82, 2.24) is 20.1 Å². The van der Waals surface area contributed by atoms with Crippen molar-refractivity contribution in [3.05, 3.63) is 36.5 Å². The van der Waals surface area contributed by atoms with Gasteiger partial charge in [-0.05, 0) is 51.5 Å². The number of hydrogen-bond donors (Lipinski definition) is 2. The molecule has 186 valence electrons. The van der Waals surface area contributed by atoms with Crippen LogP contribution in [0.3, 0.4) is 0 Å². The van der Waals surface area contributed by atoms with E-state index in [0.717, 1.165) is 22.2 Å². The van der Waals surface area contributed by atoms with Gasteiger partial charge in [-0.3, -0.25) is 19.6 Å². The summed E-state index contributed by atoms with van der Waals surface area (Å²) in [5.41, 5.74) is 1.97. The van der Waals surface area contributed by atoms with Crippen LogP contribution >= 0.6 is 0 Å². The topological polar surface area (TPSA) is 119 Å². The number of nitrogens with one attached hydrogen (secondary N) is 2. The fourth-order valence-electron chi connectivity index (χ4n) is 4.22. The van der Waals surface area contributed by atoms with Crippen LogP contribution in [0.2, 0.25) is 0 Å². The van der Waals surface area contributed by atoms with Gasteiger partial charge in [0.15, 0.2) is 5.60 Å². The Morgan fingerprint density at radius 1 is 1.26 bits per heavy atom. The van der Waals surface area contributed by atoms with E-state index >= 15 is 0 Å². The SMILES string of the molecule is CCOC(=O)CN1CC[C@@](OC)(C(=O)Nc2ccc3[nH]nc(-c4ccc(OC(C)C)nc4)c3c2)C1. The van der Waals surface area contributed by atoms with Gasteiger partial charge in [0.25, 0.3) is 5.91 Å². The number of nitrogens with zero attached hydrogens (tertiary/aromatic N) is 3. The van der Waals surface area contributed by atoms with Crippen molar-refractivity contribution in [3.8, 4) is 17.1 Å². The lowest BCUT2D eigenvalue weighted by Crippen LogP contribution is -2.47. The van der Waals surface area contributed by atoms with E-state index in [2.05, 4.69) is 20.5 Å². The lowest BCUT2D eigenvalue weighted by atomic mass is 10.0. The van der Waals surface area contributed by atoms with Gasteiger partial charge in [-0.2, -0.15) is 5.10 Å². The summed E-state index contributed by atoms with van der Waals surface area (Å²) in [6, 6.07) is 9.27. The lowest BCUT2D eigenvalue weighted by molar-refractivity contribution is -0.145. The van der Waals surface area contributed by atoms with Crippen molar-refractivity contribution in [2.45, 2.75) is 38.9 Å². The molecule has 1 amide bonds. The van der Waals surface area contributed by atoms with Gasteiger partial charge in [0.1, 0.15) is 5.69 Å². The first-order valence-electron chi connectivity index (χ1n) is 11.7. The zero-order valence-electron chi connectivity index (χ0n) is 20.5. The Morgan fingerprint density at radius 2 is 2.09 bits per heavy atom. The molecule has 1 aromatic carbocycles. The Bertz CT molecular complexity index is 1190. The largest absolute Gasteiger partial charge is 0.475 e. The molecule has 1 saturated heterocycles. The predicted octanol–water partition coefficient (Wildman–Crippen LogP) is 3.00. The smallest absolute Gasteiger partial charge is 0.320 e. The molecule has 3 heterocycles. The van der Waals surface area contributed by atoms with Gasteiger partial charge in [0.2, 0.25) is 5.88 Å². The highest BCUT2D eigenvalue weighted by Gasteiger charge is 2.45. The molecular weight excluding hydrogens is 450 g/mol. The number of methoxy groups -OCH3 is 1. The van der Waals surface area contributed by atoms with Crippen LogP contribution in [0.5, 0.6) is 5.88 Å². The lowest BCUT2D eigenvalue weighted by Gasteiger charge is -2.26. The van der Waals surface area contributed by atoms with E-state index in [1.807, 2.05) is 49.1 Å². The molecule has 0 bridgehead atoms. The number of pyridine rings is 1. The van der Waals surface area contributed by atoms with Crippen molar-refractivity contribution < 1.29 is 23.8 Å². The molecule has 0 spiro atoms. The van der Waals surface area contributed by atoms with Crippen LogP contribution in [0.15, 0.2) is 36.5 Å². The van der Waals surface area contributed by atoms with Crippen LogP contribution in [0.25, 0.3) is 22.2 Å². The normalized spacial score (nSPS) is 18.2. The number of rotatable bonds is 9. The van der Waals surface area contributed by atoms with Gasteiger partial charge >= 0.3 is 5.97 Å². The Hall–Kier alpha value is -3.50. The first kappa shape index (κ1) is 24.6. The molecule has 1 fully saturated rings. The highest BCUT2D eigenvalue weighted by molar-refractivity contribution is 6.01. The standard InChI is InChI=1S/C25H31N5O5/c1-5-34-22(31)14-30-11-10-25(15-30,33-4)24(32)27-18-7-8-20-19(12-18)23(29-28-20)17-6-9-21(26-13-17)35-16(2)3/h6-9,12-13,16H,5,10-11,14-15H2,1-4H3,(H,27,32)(H,28,29)/t25-/m0/s1. The number of ether oxygens (including phenoxy) is 3. The van der Waals surface area contributed by atoms with Crippen molar-refractivity contribution >= 4 is 28.5 Å². The maximum atomic E-state index is 13.3. The average molecular weight is 482 g/mol. The second-order valence-corrected chi connectivity index (χ2v) is 8.80. The Kier molecular flexibility index (Phi) is 7.32. The first-order chi connectivity index (χ1) is 16.8. The van der Waals surface area contributed by atoms with Crippen molar-refractivity contribution in [2.24, 2.45) is 0 Å². The van der Waals surface area contributed by atoms with E-state index in [1.54, 1.807) is 13.1 Å². The number of aromatic amines is 1. The minimum atomic E-state index is -1.04. The van der Waals surface area contributed by atoms with Crippen molar-refractivity contribution in [1.29, 1.82) is 0 Å². The quantitative estimate of drug-likeness (QED) is 0.448. The van der Waals surface area contributed by atoms with E-state index < -0.39 is 5.60 Å². The number of amides is 1. The molecular formula is C25H31N5O5. The molecule has 3 aromatic rings. The maximum Gasteiger partial charge on any atom is 0.320 e. The van der Waals surface area contributed by atoms with Crippen LogP contribution in [-0.2, 0) is 19.1 Å². The zero-order chi connectivity index (χ0) is 25.0. The van der Waals surface area contributed by atoms with Crippen LogP contribution in [0.4, 0.5) is 5.69 Å². The van der Waals surface area contributed by atoms with Gasteiger partial charge < -0.3 is 19.5 Å². The van der Waals surface area contributed by atoms with Crippen molar-refractivity contribution in [2.75, 3.05) is 38.7 Å². The van der Waals surface area contributed by atoms with Crippen LogP contribution in [0, 0.1) is 0 Å². The average Bonchev–Trinajstić information content (AvgIpc) is 3.44. The summed E-state index contributed by atoms with van der Waals surface area (Å²) in [6.45, 7) is 6.99. The maximum absolute atomic E-state index is 13.3. The third kappa shape index (κ3) is 5.44. The third-order valence-corrected chi connectivity index (χ3v) is 5.96. The number of fused-ring (bicyclic) bond motifs is 1. The fourth-order valence-corrected chi connectivity index (χ4v) is 4.22. The monoisotopic (exact) mass is 481 g/mol. The molecule has 4 rings (SSSR count). The molecule has 0 saturated carbocycles. The summed E-state index contributed by atoms with van der Waals surface area (Å²) >= 11 is 0. The first-order valence-corrected chi connectivity index (χ1v) is 11.7. The van der Waals surface area contributed by atoms with E-state index in [4.69, 9.17) is 14.2 Å². The van der Waals surface area contributed by atoms with E-state index in [9.17, 15) is 9.59 Å². The number of anilines is 1. The third-order valence-electron chi connectivity index (χ3n) is 5.96. The Balaban J connectivity index is 1.50. The van der Waals surface area contributed by atoms with Crippen LogP contribution in [-0.4, -0.2) is 77.0 Å². The van der Waals surface area contributed by atoms with Crippen LogP contribution < -0.4 is 10.1 Å². The number of likely N-dealkylation sites (tertiary alicyclic amines) is 1. The number of esters is 1. The van der Waals surface area contributed by atoms with Crippen molar-refractivity contribution in [3.63, 3.8) is 0 Å². The number of hydrogen-bond acceptors (Lipinski definition) is 8. The van der Waals surface area contributed by atoms with Gasteiger partial charge in [-0.15, -0.1) is 0 Å². The molecule has 0 radical (unpaired) electrons. The summed E-state index contributed by atoms with van der Waals surface area (Å²) in [4.78, 5) is 31.3. The molecule has 0 unspecified atom stereocenters. The summed E-state index contributed by atoms with van der Waals surface area (Å²) in [6.07, 6.45) is 2.23. The molecule has 1 aliphatic rings. The summed E-state index contributed by atoms with van der Waals surface area (Å²) in [5, 5.41) is 11.3. The minimum absolute atomic E-state index is 0.0400. The van der Waals surface area contributed by atoms with Gasteiger partial charge in [-0.1, -0.05) is 0 Å². The molecule has 10 heteroatoms. The molecule has 1 atom stereocenters. The van der Waals surface area contributed by atoms with E-state index in [0.29, 0.717) is 37.7 Å². The second-order valence-electron chi connectivity index (χ2n) is 8.80. The molecule has 10 nitrogen and oxygen atoms in total. The zero-order valence-corrected chi connectivity index (χ0v) is 20.5. The second kappa shape index (κ2) is 10.4. The Morgan fingerprint density at radius 3 is 2.77 bits per heavy atom. The molecule has 0 aliphatic carbocycles. The highest BCUT2D eigenvalue weighted by atomic mass is 16.5. The number of carbonyl (C=O) groups is 2. The van der Waals surface area contributed by atoms with E-state index in [1.165, 1.54) is 7.11 Å². The van der Waals surface area contributed by atoms with Gasteiger partial charge in [0, 0.05) is 49.1 Å². The van der Waals surface area contributed by atoms with Gasteiger partial charge in [0.05, 0.1) is 24.8 Å². The number of H-pyrrole nitrogens is 1. The van der Waals surface area contributed by atoms with Crippen LogP contribution in [0.1, 0.15) is 27.2 Å². The number of benzene rings is 1. The summed E-state index contributed by atoms with van der Waals surface area (Å²) in [5.74, 6) is -0.0152. The summed E-state index contributed by atoms with van der Waals surface area (Å²) in [7, 11) is 1.52. The Labute approximate surface area is 203 Å². The summed E-state index contributed by atoms with van der Waals surface area (Å²) < 4.78 is 16.3. The molecule has 2 N–H and O–H groups in total. The minimum Gasteiger partial charge on any atom is -0.475 e. The number of carbonyl (C=O) groups excluding carboxylic acids is 2. The molecule has 1 aliphatic heterocycles. The highest BCUT2D eigenvalue weighted by Crippen LogP contribution is 2.31. The molecule has 35 heavy (non-hydrogen) atoms. The number of aromatic nitrogens is 3. The van der Waals surface area contributed by atoms with E-state index in [-0.39, 0.29) is 24.5 Å². The van der Waals surface area contributed by atoms with Gasteiger partial charge in [-0.25, -0.2) is 4.98 Å². The predicted molar refractivity (Wildman–Crippen MR) is 131 cm³/mol. The fraction of sp³-hybridized carbons (Fsp3) is 0.440. The molecule has 2 aromatic heterocycles.